The Labute approximate surface area is 182 Å². The fraction of sp³-hybridized carbons (Fsp3) is 0.333. The Morgan fingerprint density at radius 2 is 1.87 bits per heavy atom. The molecule has 2 aromatic carbocycles. The smallest absolute Gasteiger partial charge is 0.255 e. The van der Waals surface area contributed by atoms with Crippen molar-refractivity contribution >= 4 is 28.9 Å². The average Bonchev–Trinajstić information content (AvgIpc) is 3.21. The number of aryl methyl sites for hydroxylation is 1. The van der Waals surface area contributed by atoms with Crippen molar-refractivity contribution in [1.29, 1.82) is 0 Å². The highest BCUT2D eigenvalue weighted by atomic mass is 32.1. The highest BCUT2D eigenvalue weighted by Gasteiger charge is 2.32. The van der Waals surface area contributed by atoms with Crippen molar-refractivity contribution in [3.63, 3.8) is 0 Å². The number of hydrogen-bond acceptors (Lipinski definition) is 3. The average molecular weight is 422 g/mol. The van der Waals surface area contributed by atoms with Crippen LogP contribution in [0, 0.1) is 6.92 Å². The summed E-state index contributed by atoms with van der Waals surface area (Å²) in [5, 5.41) is 9.91. The Kier molecular flexibility index (Phi) is 6.04. The van der Waals surface area contributed by atoms with Crippen LogP contribution in [-0.2, 0) is 4.79 Å². The zero-order valence-corrected chi connectivity index (χ0v) is 18.1. The number of amides is 1. The molecule has 0 radical (unpaired) electrons. The van der Waals surface area contributed by atoms with Crippen LogP contribution in [0.4, 0.5) is 5.69 Å². The van der Waals surface area contributed by atoms with Crippen LogP contribution in [0.1, 0.15) is 49.8 Å². The molecule has 2 aliphatic rings. The number of rotatable bonds is 5. The van der Waals surface area contributed by atoms with E-state index < -0.39 is 0 Å². The normalized spacial score (nSPS) is 19.3. The van der Waals surface area contributed by atoms with E-state index in [1.165, 1.54) is 12.8 Å². The van der Waals surface area contributed by atoms with Crippen LogP contribution >= 0.6 is 12.2 Å². The predicted octanol–water partition coefficient (Wildman–Crippen LogP) is 4.75. The first-order chi connectivity index (χ1) is 14.5. The molecule has 30 heavy (non-hydrogen) atoms. The molecule has 0 spiro atoms. The van der Waals surface area contributed by atoms with Gasteiger partial charge < -0.3 is 20.7 Å². The van der Waals surface area contributed by atoms with E-state index in [-0.39, 0.29) is 18.1 Å². The summed E-state index contributed by atoms with van der Waals surface area (Å²) in [6, 6.07) is 15.3. The molecule has 156 valence electrons. The Morgan fingerprint density at radius 3 is 2.63 bits per heavy atom. The third kappa shape index (κ3) is 4.49. The molecule has 1 heterocycles. The van der Waals surface area contributed by atoms with Crippen molar-refractivity contribution in [3.8, 4) is 5.75 Å². The molecular weight excluding hydrogens is 394 g/mol. The predicted molar refractivity (Wildman–Crippen MR) is 123 cm³/mol. The summed E-state index contributed by atoms with van der Waals surface area (Å²) in [5.41, 5.74) is 4.12. The van der Waals surface area contributed by atoms with Crippen molar-refractivity contribution in [2.24, 2.45) is 0 Å². The molecule has 1 fully saturated rings. The van der Waals surface area contributed by atoms with E-state index >= 15 is 0 Å². The third-order valence-electron chi connectivity index (χ3n) is 5.62. The first kappa shape index (κ1) is 20.4. The van der Waals surface area contributed by atoms with Crippen molar-refractivity contribution in [1.82, 2.24) is 10.6 Å². The van der Waals surface area contributed by atoms with Crippen LogP contribution in [0.5, 0.6) is 5.75 Å². The van der Waals surface area contributed by atoms with Gasteiger partial charge in [0.15, 0.2) is 5.11 Å². The number of benzene rings is 2. The minimum atomic E-state index is -0.388. The third-order valence-corrected chi connectivity index (χ3v) is 5.84. The second kappa shape index (κ2) is 8.88. The number of carbonyl (C=O) groups is 1. The molecule has 2 aromatic rings. The zero-order chi connectivity index (χ0) is 21.1. The first-order valence-electron chi connectivity index (χ1n) is 10.4. The molecular formula is C24H27N3O2S. The molecule has 4 rings (SSSR count). The summed E-state index contributed by atoms with van der Waals surface area (Å²) >= 11 is 5.40. The van der Waals surface area contributed by atoms with Gasteiger partial charge in [-0.05, 0) is 75.5 Å². The lowest BCUT2D eigenvalue weighted by molar-refractivity contribution is -0.113. The molecule has 1 aliphatic heterocycles. The highest BCUT2D eigenvalue weighted by Crippen LogP contribution is 2.35. The first-order valence-corrected chi connectivity index (χ1v) is 10.8. The molecule has 3 N–H and O–H groups in total. The SMILES string of the molecule is CC1=C(C(=O)Nc2cccc(C)c2)[C@H](c2ccccc2OC2CCCC2)NC(=S)N1. The van der Waals surface area contributed by atoms with Gasteiger partial charge in [-0.25, -0.2) is 0 Å². The summed E-state index contributed by atoms with van der Waals surface area (Å²) in [4.78, 5) is 13.3. The maximum atomic E-state index is 13.3. The molecule has 1 amide bonds. The van der Waals surface area contributed by atoms with Crippen LogP contribution in [0.3, 0.4) is 0 Å². The number of hydrogen-bond donors (Lipinski definition) is 3. The van der Waals surface area contributed by atoms with Crippen molar-refractivity contribution in [2.45, 2.75) is 51.7 Å². The summed E-state index contributed by atoms with van der Waals surface area (Å²) in [6.07, 6.45) is 4.77. The van der Waals surface area contributed by atoms with Gasteiger partial charge in [-0.15, -0.1) is 0 Å². The lowest BCUT2D eigenvalue weighted by Crippen LogP contribution is -2.46. The van der Waals surface area contributed by atoms with Crippen molar-refractivity contribution < 1.29 is 9.53 Å². The molecule has 0 aromatic heterocycles. The van der Waals surface area contributed by atoms with E-state index in [1.807, 2.05) is 62.4 Å². The second-order valence-electron chi connectivity index (χ2n) is 7.96. The van der Waals surface area contributed by atoms with E-state index in [4.69, 9.17) is 17.0 Å². The quantitative estimate of drug-likeness (QED) is 0.608. The number of carbonyl (C=O) groups excluding carboxylic acids is 1. The summed E-state index contributed by atoms with van der Waals surface area (Å²) in [6.45, 7) is 3.88. The number of nitrogens with one attached hydrogen (secondary N) is 3. The van der Waals surface area contributed by atoms with E-state index in [2.05, 4.69) is 16.0 Å². The summed E-state index contributed by atoms with van der Waals surface area (Å²) in [7, 11) is 0. The Hall–Kier alpha value is -2.86. The van der Waals surface area contributed by atoms with Gasteiger partial charge in [-0.2, -0.15) is 0 Å². The maximum Gasteiger partial charge on any atom is 0.255 e. The topological polar surface area (TPSA) is 62.4 Å². The van der Waals surface area contributed by atoms with Gasteiger partial charge >= 0.3 is 0 Å². The number of ether oxygens (including phenoxy) is 1. The van der Waals surface area contributed by atoms with Gasteiger partial charge in [0, 0.05) is 16.9 Å². The molecule has 0 unspecified atom stereocenters. The van der Waals surface area contributed by atoms with Gasteiger partial charge in [0.05, 0.1) is 17.7 Å². The van der Waals surface area contributed by atoms with Gasteiger partial charge in [0.25, 0.3) is 5.91 Å². The molecule has 1 saturated carbocycles. The van der Waals surface area contributed by atoms with Crippen LogP contribution < -0.4 is 20.7 Å². The van der Waals surface area contributed by atoms with Gasteiger partial charge in [0.1, 0.15) is 5.75 Å². The van der Waals surface area contributed by atoms with Crippen molar-refractivity contribution in [3.05, 3.63) is 70.9 Å². The number of anilines is 1. The minimum Gasteiger partial charge on any atom is -0.490 e. The van der Waals surface area contributed by atoms with Gasteiger partial charge in [-0.3, -0.25) is 4.79 Å². The number of thiocarbonyl (C=S) groups is 1. The van der Waals surface area contributed by atoms with Crippen LogP contribution in [0.25, 0.3) is 0 Å². The molecule has 6 heteroatoms. The van der Waals surface area contributed by atoms with E-state index in [0.717, 1.165) is 41.1 Å². The van der Waals surface area contributed by atoms with E-state index in [0.29, 0.717) is 10.7 Å². The minimum absolute atomic E-state index is 0.165. The molecule has 1 atom stereocenters. The Balaban J connectivity index is 1.66. The number of allylic oxidation sites excluding steroid dienone is 1. The Morgan fingerprint density at radius 1 is 1.10 bits per heavy atom. The zero-order valence-electron chi connectivity index (χ0n) is 17.3. The molecule has 1 aliphatic carbocycles. The van der Waals surface area contributed by atoms with Crippen molar-refractivity contribution in [2.75, 3.05) is 5.32 Å². The second-order valence-corrected chi connectivity index (χ2v) is 8.36. The van der Waals surface area contributed by atoms with E-state index in [1.54, 1.807) is 0 Å². The Bertz CT molecular complexity index is 995. The van der Waals surface area contributed by atoms with E-state index in [9.17, 15) is 4.79 Å². The molecule has 0 saturated heterocycles. The van der Waals surface area contributed by atoms with Crippen LogP contribution in [0.15, 0.2) is 59.8 Å². The molecule has 5 nitrogen and oxygen atoms in total. The van der Waals surface area contributed by atoms with Crippen LogP contribution in [-0.4, -0.2) is 17.1 Å². The monoisotopic (exact) mass is 421 g/mol. The van der Waals surface area contributed by atoms with Gasteiger partial charge in [-0.1, -0.05) is 30.3 Å². The fourth-order valence-corrected chi connectivity index (χ4v) is 4.43. The standard InChI is InChI=1S/C24H27N3O2S/c1-15-8-7-9-17(14-15)26-23(28)21-16(2)25-24(30)27-22(21)19-12-5-6-13-20(19)29-18-10-3-4-11-18/h5-9,12-14,18,22H,3-4,10-11H2,1-2H3,(H,26,28)(H2,25,27,30)/t22-/m0/s1. The van der Waals surface area contributed by atoms with Crippen LogP contribution in [0.2, 0.25) is 0 Å². The molecule has 0 bridgehead atoms. The lowest BCUT2D eigenvalue weighted by atomic mass is 9.94. The summed E-state index contributed by atoms with van der Waals surface area (Å²) < 4.78 is 6.33. The maximum absolute atomic E-state index is 13.3. The van der Waals surface area contributed by atoms with Gasteiger partial charge in [0.2, 0.25) is 0 Å². The number of para-hydroxylation sites is 1. The lowest BCUT2D eigenvalue weighted by Gasteiger charge is -2.31. The largest absolute Gasteiger partial charge is 0.490 e. The fourth-order valence-electron chi connectivity index (χ4n) is 4.16. The highest BCUT2D eigenvalue weighted by molar-refractivity contribution is 7.80. The summed E-state index contributed by atoms with van der Waals surface area (Å²) in [5.74, 6) is 0.640.